The first kappa shape index (κ1) is 12.8. The molecule has 0 spiro atoms. The average Bonchev–Trinajstić information content (AvgIpc) is 2.99. The van der Waals surface area contributed by atoms with Gasteiger partial charge in [-0.05, 0) is 37.3 Å². The van der Waals surface area contributed by atoms with E-state index in [9.17, 15) is 4.79 Å². The molecule has 1 amide bonds. The Balaban J connectivity index is 1.96. The molecule has 21 heavy (non-hydrogen) atoms. The number of nitrogens with zero attached hydrogens (tertiary/aromatic N) is 1. The van der Waals surface area contributed by atoms with Gasteiger partial charge >= 0.3 is 0 Å². The van der Waals surface area contributed by atoms with Crippen molar-refractivity contribution in [3.63, 3.8) is 0 Å². The van der Waals surface area contributed by atoms with Gasteiger partial charge in [-0.1, -0.05) is 24.3 Å². The van der Waals surface area contributed by atoms with Crippen LogP contribution in [0.5, 0.6) is 0 Å². The van der Waals surface area contributed by atoms with Crippen LogP contribution in [0.3, 0.4) is 0 Å². The molecule has 1 aliphatic carbocycles. The third kappa shape index (κ3) is 2.02. The van der Waals surface area contributed by atoms with E-state index in [0.29, 0.717) is 0 Å². The Kier molecular flexibility index (Phi) is 2.93. The van der Waals surface area contributed by atoms with Crippen LogP contribution in [-0.4, -0.2) is 18.2 Å². The minimum atomic E-state index is -0.0141. The number of amides is 1. The number of thiophene rings is 1. The summed E-state index contributed by atoms with van der Waals surface area (Å²) in [7, 11) is 0. The molecule has 0 bridgehead atoms. The Labute approximate surface area is 127 Å². The van der Waals surface area contributed by atoms with Gasteiger partial charge in [0.15, 0.2) is 0 Å². The van der Waals surface area contributed by atoms with Crippen molar-refractivity contribution in [3.05, 3.63) is 51.4 Å². The molecular formula is C17H16N2OS. The van der Waals surface area contributed by atoms with E-state index in [0.717, 1.165) is 29.1 Å². The van der Waals surface area contributed by atoms with Crippen molar-refractivity contribution in [1.29, 1.82) is 0 Å². The molecule has 1 aliphatic heterocycles. The maximum Gasteiger partial charge on any atom is 0.246 e. The fraction of sp³-hybridized carbons (Fsp3) is 0.294. The highest BCUT2D eigenvalue weighted by molar-refractivity contribution is 7.17. The lowest BCUT2D eigenvalue weighted by Crippen LogP contribution is -2.12. The first-order valence-corrected chi connectivity index (χ1v) is 8.11. The smallest absolute Gasteiger partial charge is 0.246 e. The molecule has 1 N–H and O–H groups in total. The molecule has 0 atom stereocenters. The third-order valence-corrected chi connectivity index (χ3v) is 5.40. The van der Waals surface area contributed by atoms with E-state index in [2.05, 4.69) is 29.4 Å². The number of carbonyl (C=O) groups excluding carboxylic acids is 1. The summed E-state index contributed by atoms with van der Waals surface area (Å²) in [5.41, 5.74) is 5.91. The number of nitrogens with one attached hydrogen (secondary N) is 1. The number of hydrogen-bond donors (Lipinski definition) is 1. The molecule has 0 saturated heterocycles. The van der Waals surface area contributed by atoms with Gasteiger partial charge in [-0.25, -0.2) is 0 Å². The van der Waals surface area contributed by atoms with Crippen molar-refractivity contribution in [2.24, 2.45) is 4.99 Å². The van der Waals surface area contributed by atoms with Crippen LogP contribution >= 0.6 is 11.3 Å². The van der Waals surface area contributed by atoms with Crippen LogP contribution in [0.15, 0.2) is 29.3 Å². The van der Waals surface area contributed by atoms with Crippen LogP contribution in [0.1, 0.15) is 33.6 Å². The summed E-state index contributed by atoms with van der Waals surface area (Å²) in [6, 6.07) is 8.28. The van der Waals surface area contributed by atoms with E-state index in [4.69, 9.17) is 0 Å². The van der Waals surface area contributed by atoms with Crippen LogP contribution < -0.4 is 5.32 Å². The number of hydrogen-bond acceptors (Lipinski definition) is 3. The highest BCUT2D eigenvalue weighted by atomic mass is 32.1. The summed E-state index contributed by atoms with van der Waals surface area (Å²) in [4.78, 5) is 18.0. The third-order valence-electron chi connectivity index (χ3n) is 4.19. The highest BCUT2D eigenvalue weighted by Gasteiger charge is 2.28. The van der Waals surface area contributed by atoms with Gasteiger partial charge in [0, 0.05) is 16.0 Å². The van der Waals surface area contributed by atoms with Crippen molar-refractivity contribution in [3.8, 4) is 0 Å². The van der Waals surface area contributed by atoms with Crippen molar-refractivity contribution in [2.45, 2.75) is 26.2 Å². The predicted molar refractivity (Wildman–Crippen MR) is 86.7 cm³/mol. The van der Waals surface area contributed by atoms with Crippen LogP contribution in [-0.2, 0) is 17.6 Å². The molecule has 2 aliphatic rings. The standard InChI is InChI=1S/C17H16N2OS/c1-10-5-2-3-6-11(10)16-15-12-7-4-8-13(12)21-17(15)19-14(20)9-18-16/h2-3,5-6H,4,7-9H2,1H3,(H,19,20). The molecule has 1 aromatic carbocycles. The Bertz CT molecular complexity index is 773. The number of aliphatic imine (C=N–C) groups is 1. The number of fused-ring (bicyclic) bond motifs is 3. The predicted octanol–water partition coefficient (Wildman–Crippen LogP) is 3.33. The molecule has 2 aromatic rings. The van der Waals surface area contributed by atoms with E-state index >= 15 is 0 Å². The lowest BCUT2D eigenvalue weighted by molar-refractivity contribution is -0.114. The Hall–Kier alpha value is -1.94. The van der Waals surface area contributed by atoms with Gasteiger partial charge in [0.05, 0.1) is 5.71 Å². The fourth-order valence-electron chi connectivity index (χ4n) is 3.20. The first-order valence-electron chi connectivity index (χ1n) is 7.29. The second kappa shape index (κ2) is 4.81. The molecule has 4 heteroatoms. The minimum Gasteiger partial charge on any atom is -0.316 e. The molecule has 0 saturated carbocycles. The molecule has 2 heterocycles. The number of rotatable bonds is 1. The number of aryl methyl sites for hydroxylation is 2. The summed E-state index contributed by atoms with van der Waals surface area (Å²) in [5, 5.41) is 4.03. The van der Waals surface area contributed by atoms with Gasteiger partial charge in [0.1, 0.15) is 11.5 Å². The van der Waals surface area contributed by atoms with Crippen LogP contribution in [0, 0.1) is 6.92 Å². The average molecular weight is 296 g/mol. The fourth-order valence-corrected chi connectivity index (χ4v) is 4.50. The monoisotopic (exact) mass is 296 g/mol. The molecule has 0 unspecified atom stereocenters. The first-order chi connectivity index (χ1) is 10.2. The lowest BCUT2D eigenvalue weighted by atomic mass is 9.96. The van der Waals surface area contributed by atoms with Crippen molar-refractivity contribution >= 4 is 28.0 Å². The zero-order chi connectivity index (χ0) is 14.4. The summed E-state index contributed by atoms with van der Waals surface area (Å²) in [6.45, 7) is 2.31. The Morgan fingerprint density at radius 3 is 2.95 bits per heavy atom. The maximum absolute atomic E-state index is 11.9. The van der Waals surface area contributed by atoms with Gasteiger partial charge in [-0.3, -0.25) is 9.79 Å². The van der Waals surface area contributed by atoms with Crippen molar-refractivity contribution in [2.75, 3.05) is 11.9 Å². The van der Waals surface area contributed by atoms with Gasteiger partial charge in [-0.2, -0.15) is 0 Å². The lowest BCUT2D eigenvalue weighted by Gasteiger charge is -2.10. The zero-order valence-electron chi connectivity index (χ0n) is 11.9. The quantitative estimate of drug-likeness (QED) is 0.861. The molecule has 1 aromatic heterocycles. The second-order valence-electron chi connectivity index (χ2n) is 5.59. The Morgan fingerprint density at radius 1 is 1.24 bits per heavy atom. The zero-order valence-corrected chi connectivity index (χ0v) is 12.7. The number of benzene rings is 1. The summed E-state index contributed by atoms with van der Waals surface area (Å²) >= 11 is 1.73. The molecule has 0 radical (unpaired) electrons. The normalized spacial score (nSPS) is 16.8. The molecular weight excluding hydrogens is 280 g/mol. The van der Waals surface area contributed by atoms with Gasteiger partial charge < -0.3 is 5.32 Å². The minimum absolute atomic E-state index is 0.0141. The van der Waals surface area contributed by atoms with E-state index < -0.39 is 0 Å². The van der Waals surface area contributed by atoms with E-state index in [1.54, 1.807) is 11.3 Å². The van der Waals surface area contributed by atoms with Gasteiger partial charge in [0.25, 0.3) is 0 Å². The SMILES string of the molecule is Cc1ccccc1C1=NCC(=O)Nc2sc3c(c21)CCC3. The largest absolute Gasteiger partial charge is 0.316 e. The maximum atomic E-state index is 11.9. The molecule has 0 fully saturated rings. The second-order valence-corrected chi connectivity index (χ2v) is 6.69. The van der Waals surface area contributed by atoms with Crippen molar-refractivity contribution < 1.29 is 4.79 Å². The van der Waals surface area contributed by atoms with Crippen LogP contribution in [0.4, 0.5) is 5.00 Å². The Morgan fingerprint density at radius 2 is 2.10 bits per heavy atom. The van der Waals surface area contributed by atoms with Crippen molar-refractivity contribution in [1.82, 2.24) is 0 Å². The molecule has 106 valence electrons. The summed E-state index contributed by atoms with van der Waals surface area (Å²) < 4.78 is 0. The number of anilines is 1. The summed E-state index contributed by atoms with van der Waals surface area (Å²) in [6.07, 6.45) is 3.44. The van der Waals surface area contributed by atoms with E-state index in [1.807, 2.05) is 12.1 Å². The molecule has 4 rings (SSSR count). The van der Waals surface area contributed by atoms with Gasteiger partial charge in [0.2, 0.25) is 5.91 Å². The summed E-state index contributed by atoms with van der Waals surface area (Å²) in [5.74, 6) is -0.0141. The van der Waals surface area contributed by atoms with Crippen LogP contribution in [0.2, 0.25) is 0 Å². The van der Waals surface area contributed by atoms with E-state index in [-0.39, 0.29) is 12.5 Å². The van der Waals surface area contributed by atoms with E-state index in [1.165, 1.54) is 28.0 Å². The molecule has 3 nitrogen and oxygen atoms in total. The topological polar surface area (TPSA) is 41.5 Å². The highest BCUT2D eigenvalue weighted by Crippen LogP contribution is 2.41. The van der Waals surface area contributed by atoms with Crippen LogP contribution in [0.25, 0.3) is 0 Å². The van der Waals surface area contributed by atoms with Gasteiger partial charge in [-0.15, -0.1) is 11.3 Å². The number of carbonyl (C=O) groups is 1.